The Hall–Kier alpha value is -0.120. The minimum absolute atomic E-state index is 0.414. The molecule has 3 atom stereocenters. The predicted molar refractivity (Wildman–Crippen MR) is 73.1 cm³/mol. The van der Waals surface area contributed by atoms with Crippen LogP contribution in [0.25, 0.3) is 0 Å². The Morgan fingerprint density at radius 2 is 2.00 bits per heavy atom. The molecule has 1 aliphatic heterocycles. The molecule has 1 rings (SSSR count). The van der Waals surface area contributed by atoms with Crippen LogP contribution >= 0.6 is 0 Å². The maximum absolute atomic E-state index is 5.91. The molecule has 0 spiro atoms. The number of ether oxygens (including phenoxy) is 1. The lowest BCUT2D eigenvalue weighted by atomic mass is 9.95. The van der Waals surface area contributed by atoms with Gasteiger partial charge in [0.05, 0.1) is 6.10 Å². The smallest absolute Gasteiger partial charge is 0.0599 e. The zero-order valence-electron chi connectivity index (χ0n) is 12.0. The van der Waals surface area contributed by atoms with Crippen molar-refractivity contribution in [1.29, 1.82) is 0 Å². The van der Waals surface area contributed by atoms with Gasteiger partial charge in [-0.25, -0.2) is 0 Å². The molecule has 1 heterocycles. The van der Waals surface area contributed by atoms with E-state index in [1.807, 2.05) is 7.11 Å². The summed E-state index contributed by atoms with van der Waals surface area (Å²) in [6.45, 7) is 8.83. The highest BCUT2D eigenvalue weighted by Gasteiger charge is 2.30. The average Bonchev–Trinajstić information content (AvgIpc) is 2.34. The molecule has 1 aliphatic rings. The fourth-order valence-electron chi connectivity index (χ4n) is 2.80. The van der Waals surface area contributed by atoms with Crippen LogP contribution in [0, 0.1) is 5.92 Å². The van der Waals surface area contributed by atoms with E-state index >= 15 is 0 Å². The summed E-state index contributed by atoms with van der Waals surface area (Å²) >= 11 is 0. The standard InChI is InChI=1S/C14H30N2O/c1-11(2)5-6-12(3)16-8-7-14(17-4)9-13(16)10-15/h11-14H,5-10,15H2,1-4H3. The normalized spacial score (nSPS) is 28.6. The van der Waals surface area contributed by atoms with Crippen molar-refractivity contribution in [3.8, 4) is 0 Å². The van der Waals surface area contributed by atoms with Gasteiger partial charge in [0.1, 0.15) is 0 Å². The lowest BCUT2D eigenvalue weighted by Crippen LogP contribution is -2.52. The Kier molecular flexibility index (Phi) is 6.45. The summed E-state index contributed by atoms with van der Waals surface area (Å²) in [5.41, 5.74) is 5.91. The van der Waals surface area contributed by atoms with Gasteiger partial charge >= 0.3 is 0 Å². The predicted octanol–water partition coefficient (Wildman–Crippen LogP) is 2.25. The minimum Gasteiger partial charge on any atom is -0.381 e. The first-order valence-corrected chi connectivity index (χ1v) is 7.07. The molecule has 17 heavy (non-hydrogen) atoms. The fraction of sp³-hybridized carbons (Fsp3) is 1.00. The number of likely N-dealkylation sites (tertiary alicyclic amines) is 1. The average molecular weight is 242 g/mol. The van der Waals surface area contributed by atoms with Crippen LogP contribution in [0.5, 0.6) is 0 Å². The first-order valence-electron chi connectivity index (χ1n) is 7.07. The third kappa shape index (κ3) is 4.57. The van der Waals surface area contributed by atoms with Crippen molar-refractivity contribution in [3.05, 3.63) is 0 Å². The minimum atomic E-state index is 0.414. The molecule has 1 fully saturated rings. The third-order valence-corrected chi connectivity index (χ3v) is 4.05. The van der Waals surface area contributed by atoms with Crippen molar-refractivity contribution in [1.82, 2.24) is 4.90 Å². The molecule has 2 N–H and O–H groups in total. The van der Waals surface area contributed by atoms with Crippen molar-refractivity contribution in [2.45, 2.75) is 64.6 Å². The van der Waals surface area contributed by atoms with Crippen molar-refractivity contribution in [2.24, 2.45) is 11.7 Å². The highest BCUT2D eigenvalue weighted by molar-refractivity contribution is 4.85. The van der Waals surface area contributed by atoms with E-state index in [9.17, 15) is 0 Å². The quantitative estimate of drug-likeness (QED) is 0.776. The second-order valence-corrected chi connectivity index (χ2v) is 5.83. The van der Waals surface area contributed by atoms with E-state index in [4.69, 9.17) is 10.5 Å². The van der Waals surface area contributed by atoms with Gasteiger partial charge in [-0.15, -0.1) is 0 Å². The molecule has 0 radical (unpaired) electrons. The van der Waals surface area contributed by atoms with Crippen molar-refractivity contribution >= 4 is 0 Å². The number of hydrogen-bond donors (Lipinski definition) is 1. The molecule has 0 amide bonds. The molecule has 3 nitrogen and oxygen atoms in total. The van der Waals surface area contributed by atoms with Gasteiger partial charge in [0, 0.05) is 32.3 Å². The monoisotopic (exact) mass is 242 g/mol. The van der Waals surface area contributed by atoms with Gasteiger partial charge in [0.25, 0.3) is 0 Å². The van der Waals surface area contributed by atoms with Gasteiger partial charge in [0.15, 0.2) is 0 Å². The van der Waals surface area contributed by atoms with Crippen LogP contribution in [0.4, 0.5) is 0 Å². The summed E-state index contributed by atoms with van der Waals surface area (Å²) in [7, 11) is 1.82. The summed E-state index contributed by atoms with van der Waals surface area (Å²) in [4.78, 5) is 2.60. The van der Waals surface area contributed by atoms with Crippen LogP contribution in [-0.2, 0) is 4.74 Å². The second kappa shape index (κ2) is 7.34. The molecule has 3 heteroatoms. The van der Waals surface area contributed by atoms with Gasteiger partial charge in [0.2, 0.25) is 0 Å². The van der Waals surface area contributed by atoms with Gasteiger partial charge in [-0.05, 0) is 38.5 Å². The number of nitrogens with two attached hydrogens (primary N) is 1. The topological polar surface area (TPSA) is 38.5 Å². The summed E-state index contributed by atoms with van der Waals surface area (Å²) < 4.78 is 5.47. The van der Waals surface area contributed by atoms with Crippen LogP contribution in [0.1, 0.15) is 46.5 Å². The van der Waals surface area contributed by atoms with Gasteiger partial charge in [-0.2, -0.15) is 0 Å². The molecular formula is C14H30N2O. The lowest BCUT2D eigenvalue weighted by molar-refractivity contribution is -0.00322. The van der Waals surface area contributed by atoms with Gasteiger partial charge < -0.3 is 10.5 Å². The second-order valence-electron chi connectivity index (χ2n) is 5.83. The molecule has 0 aromatic heterocycles. The highest BCUT2D eigenvalue weighted by Crippen LogP contribution is 2.23. The molecule has 0 bridgehead atoms. The molecule has 3 unspecified atom stereocenters. The zero-order chi connectivity index (χ0) is 12.8. The van der Waals surface area contributed by atoms with Crippen molar-refractivity contribution < 1.29 is 4.74 Å². The summed E-state index contributed by atoms with van der Waals surface area (Å²) in [6, 6.07) is 1.17. The Morgan fingerprint density at radius 1 is 1.29 bits per heavy atom. The van der Waals surface area contributed by atoms with E-state index in [-0.39, 0.29) is 0 Å². The van der Waals surface area contributed by atoms with Crippen molar-refractivity contribution in [3.63, 3.8) is 0 Å². The van der Waals surface area contributed by atoms with Crippen LogP contribution in [0.3, 0.4) is 0 Å². The van der Waals surface area contributed by atoms with Crippen LogP contribution in [-0.4, -0.2) is 43.3 Å². The molecule has 0 aromatic carbocycles. The van der Waals surface area contributed by atoms with Gasteiger partial charge in [-0.3, -0.25) is 4.90 Å². The number of nitrogens with zero attached hydrogens (tertiary/aromatic N) is 1. The Morgan fingerprint density at radius 3 is 2.53 bits per heavy atom. The Balaban J connectivity index is 2.45. The maximum atomic E-state index is 5.91. The number of piperidine rings is 1. The highest BCUT2D eigenvalue weighted by atomic mass is 16.5. The van der Waals surface area contributed by atoms with Crippen molar-refractivity contribution in [2.75, 3.05) is 20.2 Å². The number of rotatable bonds is 6. The Bertz CT molecular complexity index is 208. The largest absolute Gasteiger partial charge is 0.381 e. The third-order valence-electron chi connectivity index (χ3n) is 4.05. The number of methoxy groups -OCH3 is 1. The SMILES string of the molecule is COC1CCN(C(C)CCC(C)C)C(CN)C1. The lowest BCUT2D eigenvalue weighted by Gasteiger charge is -2.42. The molecule has 0 saturated carbocycles. The first kappa shape index (κ1) is 14.9. The molecular weight excluding hydrogens is 212 g/mol. The molecule has 0 aliphatic carbocycles. The van der Waals surface area contributed by atoms with E-state index in [2.05, 4.69) is 25.7 Å². The molecule has 102 valence electrons. The Labute approximate surface area is 107 Å². The van der Waals surface area contributed by atoms with E-state index in [1.54, 1.807) is 0 Å². The van der Waals surface area contributed by atoms with E-state index in [1.165, 1.54) is 12.8 Å². The molecule has 0 aromatic rings. The van der Waals surface area contributed by atoms with Crippen LogP contribution in [0.15, 0.2) is 0 Å². The zero-order valence-corrected chi connectivity index (χ0v) is 12.0. The maximum Gasteiger partial charge on any atom is 0.0599 e. The van der Waals surface area contributed by atoms with Gasteiger partial charge in [-0.1, -0.05) is 13.8 Å². The van der Waals surface area contributed by atoms with E-state index < -0.39 is 0 Å². The van der Waals surface area contributed by atoms with Crippen LogP contribution in [0.2, 0.25) is 0 Å². The fourth-order valence-corrected chi connectivity index (χ4v) is 2.80. The summed E-state index contributed by atoms with van der Waals surface area (Å²) in [5, 5.41) is 0. The van der Waals surface area contributed by atoms with E-state index in [0.29, 0.717) is 18.2 Å². The number of hydrogen-bond acceptors (Lipinski definition) is 3. The van der Waals surface area contributed by atoms with E-state index in [0.717, 1.165) is 31.8 Å². The summed E-state index contributed by atoms with van der Waals surface area (Å²) in [5.74, 6) is 0.797. The van der Waals surface area contributed by atoms with Crippen LogP contribution < -0.4 is 5.73 Å². The summed E-state index contributed by atoms with van der Waals surface area (Å²) in [6.07, 6.45) is 5.25. The first-order chi connectivity index (χ1) is 8.08. The molecule has 1 saturated heterocycles.